The molecule has 1 aliphatic heterocycles. The van der Waals surface area contributed by atoms with Crippen molar-refractivity contribution in [1.82, 2.24) is 20.4 Å². The van der Waals surface area contributed by atoms with Crippen molar-refractivity contribution in [2.75, 3.05) is 5.32 Å². The van der Waals surface area contributed by atoms with Gasteiger partial charge in [0.1, 0.15) is 5.82 Å². The van der Waals surface area contributed by atoms with Crippen molar-refractivity contribution < 1.29 is 9.59 Å². The minimum absolute atomic E-state index is 0.00222. The summed E-state index contributed by atoms with van der Waals surface area (Å²) in [5.74, 6) is 0.438. The highest BCUT2D eigenvalue weighted by atomic mass is 35.5. The van der Waals surface area contributed by atoms with Gasteiger partial charge in [-0.2, -0.15) is 5.10 Å². The molecule has 2 aliphatic rings. The number of carbonyl (C=O) groups is 2. The van der Waals surface area contributed by atoms with Gasteiger partial charge in [0.15, 0.2) is 6.29 Å². The zero-order valence-corrected chi connectivity index (χ0v) is 19.0. The molecule has 8 heteroatoms. The molecule has 1 saturated carbocycles. The predicted molar refractivity (Wildman–Crippen MR) is 121 cm³/mol. The van der Waals surface area contributed by atoms with E-state index in [-0.39, 0.29) is 23.8 Å². The number of hydrogen-bond acceptors (Lipinski definition) is 4. The molecule has 0 spiro atoms. The normalized spacial score (nSPS) is 25.3. The van der Waals surface area contributed by atoms with Crippen LogP contribution in [-0.4, -0.2) is 27.6 Å². The number of amides is 2. The molecule has 1 aromatic heterocycles. The third-order valence-corrected chi connectivity index (χ3v) is 6.96. The Balaban J connectivity index is 1.60. The van der Waals surface area contributed by atoms with E-state index in [9.17, 15) is 9.59 Å². The molecule has 2 aromatic rings. The molecular formula is C23H30ClN5O2. The van der Waals surface area contributed by atoms with Crippen molar-refractivity contribution in [1.29, 1.82) is 0 Å². The van der Waals surface area contributed by atoms with Gasteiger partial charge in [-0.15, -0.1) is 0 Å². The minimum Gasteiger partial charge on any atom is -0.322 e. The molecule has 1 aliphatic carbocycles. The summed E-state index contributed by atoms with van der Waals surface area (Å²) in [6.45, 7) is 5.88. The van der Waals surface area contributed by atoms with Gasteiger partial charge < -0.3 is 10.6 Å². The van der Waals surface area contributed by atoms with E-state index in [0.717, 1.165) is 43.4 Å². The molecule has 31 heavy (non-hydrogen) atoms. The van der Waals surface area contributed by atoms with Crippen molar-refractivity contribution in [3.05, 3.63) is 46.6 Å². The molecule has 2 fully saturated rings. The molecule has 166 valence electrons. The van der Waals surface area contributed by atoms with Gasteiger partial charge in [0.25, 0.3) is 0 Å². The van der Waals surface area contributed by atoms with E-state index in [1.165, 1.54) is 0 Å². The maximum atomic E-state index is 13.6. The Morgan fingerprint density at radius 2 is 1.97 bits per heavy atom. The standard InChI is InChI=1S/C23H30ClN5O2/c1-4-18-15(3)25-22(27-20(18)30)29-19(13-14(2)28-29)26-21(31)23(11-5-6-12-23)16-7-9-17(24)10-8-16/h7-10,13,15,18,22,25H,4-6,11-12H2,1-3H3,(H,26,31)(H,27,30). The summed E-state index contributed by atoms with van der Waals surface area (Å²) in [6.07, 6.45) is 3.85. The van der Waals surface area contributed by atoms with E-state index in [2.05, 4.69) is 21.0 Å². The number of rotatable bonds is 5. The van der Waals surface area contributed by atoms with Crippen LogP contribution in [0.15, 0.2) is 30.3 Å². The topological polar surface area (TPSA) is 88.1 Å². The Labute approximate surface area is 187 Å². The molecule has 3 N–H and O–H groups in total. The summed E-state index contributed by atoms with van der Waals surface area (Å²) in [5, 5.41) is 14.7. The molecule has 0 radical (unpaired) electrons. The van der Waals surface area contributed by atoms with Crippen LogP contribution < -0.4 is 16.0 Å². The van der Waals surface area contributed by atoms with Crippen LogP contribution in [0, 0.1) is 12.8 Å². The van der Waals surface area contributed by atoms with E-state index in [1.54, 1.807) is 4.68 Å². The van der Waals surface area contributed by atoms with Crippen molar-refractivity contribution >= 4 is 29.2 Å². The number of anilines is 1. The molecule has 7 nitrogen and oxygen atoms in total. The van der Waals surface area contributed by atoms with E-state index in [4.69, 9.17) is 11.6 Å². The zero-order chi connectivity index (χ0) is 22.2. The molecule has 1 saturated heterocycles. The Bertz CT molecular complexity index is 965. The minimum atomic E-state index is -0.586. The molecule has 3 atom stereocenters. The summed E-state index contributed by atoms with van der Waals surface area (Å²) in [5.41, 5.74) is 1.17. The lowest BCUT2D eigenvalue weighted by Gasteiger charge is -2.36. The first-order valence-corrected chi connectivity index (χ1v) is 11.4. The summed E-state index contributed by atoms with van der Waals surface area (Å²) in [4.78, 5) is 26.1. The fourth-order valence-electron chi connectivity index (χ4n) is 4.98. The van der Waals surface area contributed by atoms with Gasteiger partial charge in [0, 0.05) is 17.1 Å². The van der Waals surface area contributed by atoms with Crippen LogP contribution in [0.2, 0.25) is 5.02 Å². The first kappa shape index (κ1) is 21.8. The summed E-state index contributed by atoms with van der Waals surface area (Å²) >= 11 is 6.07. The van der Waals surface area contributed by atoms with Crippen molar-refractivity contribution in [3.8, 4) is 0 Å². The fourth-order valence-corrected chi connectivity index (χ4v) is 5.11. The Kier molecular flexibility index (Phi) is 6.08. The summed E-state index contributed by atoms with van der Waals surface area (Å²) in [7, 11) is 0. The maximum Gasteiger partial charge on any atom is 0.236 e. The van der Waals surface area contributed by atoms with E-state index < -0.39 is 11.7 Å². The highest BCUT2D eigenvalue weighted by Gasteiger charge is 2.43. The fraction of sp³-hybridized carbons (Fsp3) is 0.522. The van der Waals surface area contributed by atoms with Gasteiger partial charge in [-0.05, 0) is 50.8 Å². The lowest BCUT2D eigenvalue weighted by atomic mass is 9.78. The Morgan fingerprint density at radius 1 is 1.29 bits per heavy atom. The first-order valence-electron chi connectivity index (χ1n) is 11.0. The number of hydrogen-bond donors (Lipinski definition) is 3. The van der Waals surface area contributed by atoms with Crippen molar-refractivity contribution in [3.63, 3.8) is 0 Å². The Morgan fingerprint density at radius 3 is 2.58 bits per heavy atom. The van der Waals surface area contributed by atoms with Gasteiger partial charge in [0.05, 0.1) is 17.0 Å². The lowest BCUT2D eigenvalue weighted by molar-refractivity contribution is -0.130. The molecule has 3 unspecified atom stereocenters. The van der Waals surface area contributed by atoms with Crippen LogP contribution >= 0.6 is 11.6 Å². The number of halogens is 1. The van der Waals surface area contributed by atoms with Gasteiger partial charge >= 0.3 is 0 Å². The number of aromatic nitrogens is 2. The largest absolute Gasteiger partial charge is 0.322 e. The van der Waals surface area contributed by atoms with Crippen molar-refractivity contribution in [2.24, 2.45) is 5.92 Å². The average molecular weight is 444 g/mol. The van der Waals surface area contributed by atoms with Crippen LogP contribution in [0.4, 0.5) is 5.82 Å². The number of nitrogens with zero attached hydrogens (tertiary/aromatic N) is 2. The smallest absolute Gasteiger partial charge is 0.236 e. The molecular weight excluding hydrogens is 414 g/mol. The van der Waals surface area contributed by atoms with Crippen LogP contribution in [-0.2, 0) is 15.0 Å². The van der Waals surface area contributed by atoms with Gasteiger partial charge in [-0.3, -0.25) is 14.9 Å². The summed E-state index contributed by atoms with van der Waals surface area (Å²) in [6, 6.07) is 9.42. The second-order valence-electron chi connectivity index (χ2n) is 8.75. The second-order valence-corrected chi connectivity index (χ2v) is 9.18. The van der Waals surface area contributed by atoms with Crippen LogP contribution in [0.5, 0.6) is 0 Å². The Hall–Kier alpha value is -2.38. The van der Waals surface area contributed by atoms with E-state index in [0.29, 0.717) is 10.8 Å². The molecule has 0 bridgehead atoms. The average Bonchev–Trinajstić information content (AvgIpc) is 3.36. The number of carbonyl (C=O) groups excluding carboxylic acids is 2. The number of nitrogens with one attached hydrogen (secondary N) is 3. The highest BCUT2D eigenvalue weighted by molar-refractivity contribution is 6.30. The third kappa shape index (κ3) is 4.08. The zero-order valence-electron chi connectivity index (χ0n) is 18.2. The summed E-state index contributed by atoms with van der Waals surface area (Å²) < 4.78 is 1.66. The van der Waals surface area contributed by atoms with Crippen molar-refractivity contribution in [2.45, 2.75) is 70.6 Å². The van der Waals surface area contributed by atoms with E-state index in [1.807, 2.05) is 51.1 Å². The van der Waals surface area contributed by atoms with Crippen LogP contribution in [0.3, 0.4) is 0 Å². The van der Waals surface area contributed by atoms with Crippen LogP contribution in [0.25, 0.3) is 0 Å². The number of benzene rings is 1. The number of aryl methyl sites for hydroxylation is 1. The highest BCUT2D eigenvalue weighted by Crippen LogP contribution is 2.42. The second kappa shape index (κ2) is 8.63. The molecule has 2 amide bonds. The molecule has 2 heterocycles. The van der Waals surface area contributed by atoms with E-state index >= 15 is 0 Å². The van der Waals surface area contributed by atoms with Crippen LogP contribution in [0.1, 0.15) is 63.5 Å². The van der Waals surface area contributed by atoms with Gasteiger partial charge in [-0.1, -0.05) is 43.5 Å². The lowest BCUT2D eigenvalue weighted by Crippen LogP contribution is -2.57. The predicted octanol–water partition coefficient (Wildman–Crippen LogP) is 3.89. The molecule has 1 aromatic carbocycles. The third-order valence-electron chi connectivity index (χ3n) is 6.71. The maximum absolute atomic E-state index is 13.6. The SMILES string of the molecule is CCC1C(=O)NC(n2nc(C)cc2NC(=O)C2(c3ccc(Cl)cc3)CCCC2)NC1C. The van der Waals surface area contributed by atoms with Gasteiger partial charge in [-0.25, -0.2) is 4.68 Å². The first-order chi connectivity index (χ1) is 14.8. The van der Waals surface area contributed by atoms with Gasteiger partial charge in [0.2, 0.25) is 11.8 Å². The quantitative estimate of drug-likeness (QED) is 0.654. The molecule has 4 rings (SSSR count). The monoisotopic (exact) mass is 443 g/mol.